The van der Waals surface area contributed by atoms with Crippen LogP contribution < -0.4 is 0 Å². The number of carbonyl (C=O) groups excluding carboxylic acids is 2. The number of Topliss-reactive ketones (excluding diaryl/α,β-unsaturated/α-hetero) is 2. The molecule has 0 aromatic heterocycles. The van der Waals surface area contributed by atoms with E-state index in [0.29, 0.717) is 6.42 Å². The Balaban J connectivity index is 2.32. The molecule has 0 spiro atoms. The molecule has 36 heavy (non-hydrogen) atoms. The maximum atomic E-state index is 14.1. The van der Waals surface area contributed by atoms with Gasteiger partial charge < -0.3 is 30.3 Å². The SMILES string of the molecule is C/C=C/C=C/C(O)=C1/CC(C)(O)C2(O)OC3(C)C(O)=C(C)C(O)=C(C(=O)CC/C=C/C)C3C2(C)C1=O. The highest BCUT2D eigenvalue weighted by molar-refractivity contribution is 6.06. The van der Waals surface area contributed by atoms with E-state index in [1.54, 1.807) is 31.2 Å². The first-order chi connectivity index (χ1) is 16.7. The molecule has 2 fully saturated rings. The standard InChI is InChI=1S/C28H36O8/c1-7-9-11-13-18(29)17-15-25(4,34)28(35)26(5,24(17)33)22-20(19(30)14-12-10-8-2)21(31)16(3)23(32)27(22,6)36-28/h7-11,13,22,29,31-32,34-35H,12,14-15H2,1-6H3/b9-7+,10-8+,13-11+,18-17+. The third kappa shape index (κ3) is 3.62. The number of fused-ring (bicyclic) bond motifs is 3. The van der Waals surface area contributed by atoms with Gasteiger partial charge in [-0.05, 0) is 54.0 Å². The van der Waals surface area contributed by atoms with E-state index in [4.69, 9.17) is 4.74 Å². The molecule has 2 aliphatic carbocycles. The van der Waals surface area contributed by atoms with Crippen LogP contribution in [-0.2, 0) is 14.3 Å². The molecule has 0 bridgehead atoms. The first kappa shape index (κ1) is 27.6. The second-order valence-electron chi connectivity index (χ2n) is 10.3. The molecule has 1 aliphatic heterocycles. The minimum Gasteiger partial charge on any atom is -0.509 e. The van der Waals surface area contributed by atoms with Gasteiger partial charge >= 0.3 is 0 Å². The predicted octanol–water partition coefficient (Wildman–Crippen LogP) is 4.34. The van der Waals surface area contributed by atoms with Crippen molar-refractivity contribution in [3.05, 3.63) is 70.5 Å². The second-order valence-corrected chi connectivity index (χ2v) is 10.3. The molecule has 0 radical (unpaired) electrons. The maximum absolute atomic E-state index is 14.1. The van der Waals surface area contributed by atoms with Crippen LogP contribution in [0.4, 0.5) is 0 Å². The molecule has 0 amide bonds. The Morgan fingerprint density at radius 2 is 1.75 bits per heavy atom. The van der Waals surface area contributed by atoms with E-state index in [-0.39, 0.29) is 23.1 Å². The van der Waals surface area contributed by atoms with Crippen LogP contribution in [-0.4, -0.2) is 54.1 Å². The van der Waals surface area contributed by atoms with E-state index in [1.807, 2.05) is 6.92 Å². The van der Waals surface area contributed by atoms with Crippen LogP contribution in [0.3, 0.4) is 0 Å². The molecule has 0 aromatic rings. The van der Waals surface area contributed by atoms with Crippen molar-refractivity contribution in [1.82, 2.24) is 0 Å². The number of allylic oxidation sites excluding steroid dienone is 7. The van der Waals surface area contributed by atoms with Gasteiger partial charge in [0.05, 0.1) is 5.41 Å². The van der Waals surface area contributed by atoms with Crippen LogP contribution in [0.1, 0.15) is 60.8 Å². The van der Waals surface area contributed by atoms with Gasteiger partial charge in [0.1, 0.15) is 28.5 Å². The van der Waals surface area contributed by atoms with Crippen LogP contribution in [0.5, 0.6) is 0 Å². The van der Waals surface area contributed by atoms with E-state index in [1.165, 1.54) is 39.8 Å². The molecular weight excluding hydrogens is 464 g/mol. The van der Waals surface area contributed by atoms with Gasteiger partial charge in [0, 0.05) is 35.5 Å². The Labute approximate surface area is 211 Å². The number of rotatable bonds is 6. The summed E-state index contributed by atoms with van der Waals surface area (Å²) in [4.78, 5) is 27.5. The lowest BCUT2D eigenvalue weighted by molar-refractivity contribution is -0.328. The Hall–Kier alpha value is -2.94. The van der Waals surface area contributed by atoms with Crippen LogP contribution in [0.25, 0.3) is 0 Å². The number of ketones is 2. The van der Waals surface area contributed by atoms with E-state index in [2.05, 4.69) is 0 Å². The summed E-state index contributed by atoms with van der Waals surface area (Å²) in [6.45, 7) is 9.02. The fourth-order valence-corrected chi connectivity index (χ4v) is 5.98. The van der Waals surface area contributed by atoms with E-state index >= 15 is 0 Å². The summed E-state index contributed by atoms with van der Waals surface area (Å²) in [5.41, 5.74) is -6.34. The summed E-state index contributed by atoms with van der Waals surface area (Å²) in [6.07, 6.45) is 9.68. The van der Waals surface area contributed by atoms with Gasteiger partial charge in [0.2, 0.25) is 5.79 Å². The van der Waals surface area contributed by atoms with Crippen LogP contribution in [0.2, 0.25) is 0 Å². The number of ether oxygens (including phenoxy) is 1. The van der Waals surface area contributed by atoms with Gasteiger partial charge in [-0.2, -0.15) is 0 Å². The number of carbonyl (C=O) groups is 2. The van der Waals surface area contributed by atoms with Crippen molar-refractivity contribution < 1.29 is 39.9 Å². The molecule has 8 nitrogen and oxygen atoms in total. The lowest BCUT2D eigenvalue weighted by Crippen LogP contribution is -2.68. The highest BCUT2D eigenvalue weighted by Gasteiger charge is 2.80. The smallest absolute Gasteiger partial charge is 0.209 e. The molecule has 196 valence electrons. The minimum absolute atomic E-state index is 0.00346. The van der Waals surface area contributed by atoms with Crippen molar-refractivity contribution >= 4 is 11.6 Å². The fraction of sp³-hybridized carbons (Fsp3) is 0.500. The Bertz CT molecular complexity index is 1160. The lowest BCUT2D eigenvalue weighted by Gasteiger charge is -2.51. The third-order valence-electron chi connectivity index (χ3n) is 7.85. The molecule has 1 saturated carbocycles. The lowest BCUT2D eigenvalue weighted by atomic mass is 9.52. The zero-order valence-corrected chi connectivity index (χ0v) is 21.6. The third-order valence-corrected chi connectivity index (χ3v) is 7.85. The summed E-state index contributed by atoms with van der Waals surface area (Å²) in [5.74, 6) is -6.52. The average molecular weight is 501 g/mol. The predicted molar refractivity (Wildman–Crippen MR) is 134 cm³/mol. The molecule has 1 heterocycles. The van der Waals surface area contributed by atoms with Crippen molar-refractivity contribution in [1.29, 1.82) is 0 Å². The fourth-order valence-electron chi connectivity index (χ4n) is 5.98. The first-order valence-corrected chi connectivity index (χ1v) is 12.0. The van der Waals surface area contributed by atoms with E-state index in [0.717, 1.165) is 0 Å². The van der Waals surface area contributed by atoms with Crippen molar-refractivity contribution in [3.8, 4) is 0 Å². The zero-order chi connectivity index (χ0) is 27.3. The molecule has 8 heteroatoms. The molecule has 0 aromatic carbocycles. The van der Waals surface area contributed by atoms with Gasteiger partial charge in [-0.3, -0.25) is 9.59 Å². The van der Waals surface area contributed by atoms with Crippen molar-refractivity contribution in [2.75, 3.05) is 0 Å². The molecule has 1 saturated heterocycles. The molecule has 5 atom stereocenters. The minimum atomic E-state index is -2.57. The van der Waals surface area contributed by atoms with Gasteiger partial charge in [0.15, 0.2) is 11.6 Å². The summed E-state index contributed by atoms with van der Waals surface area (Å²) >= 11 is 0. The topological polar surface area (TPSA) is 145 Å². The number of aliphatic hydroxyl groups excluding tert-OH is 3. The van der Waals surface area contributed by atoms with Gasteiger partial charge in [-0.15, -0.1) is 0 Å². The number of aliphatic hydroxyl groups is 5. The highest BCUT2D eigenvalue weighted by Crippen LogP contribution is 2.67. The van der Waals surface area contributed by atoms with Crippen LogP contribution in [0.15, 0.2) is 70.5 Å². The summed E-state index contributed by atoms with van der Waals surface area (Å²) in [5, 5.41) is 56.3. The van der Waals surface area contributed by atoms with Crippen LogP contribution >= 0.6 is 0 Å². The molecule has 5 N–H and O–H groups in total. The van der Waals surface area contributed by atoms with E-state index in [9.17, 15) is 35.1 Å². The van der Waals surface area contributed by atoms with Gasteiger partial charge in [0.25, 0.3) is 0 Å². The first-order valence-electron chi connectivity index (χ1n) is 12.0. The molecular formula is C28H36O8. The molecule has 3 aliphatic rings. The quantitative estimate of drug-likeness (QED) is 0.157. The molecule has 5 unspecified atom stereocenters. The summed E-state index contributed by atoms with van der Waals surface area (Å²) < 4.78 is 6.03. The average Bonchev–Trinajstić information content (AvgIpc) is 3.01. The molecule has 3 rings (SSSR count). The van der Waals surface area contributed by atoms with Crippen molar-refractivity contribution in [3.63, 3.8) is 0 Å². The van der Waals surface area contributed by atoms with Gasteiger partial charge in [-0.1, -0.05) is 30.4 Å². The zero-order valence-electron chi connectivity index (χ0n) is 21.6. The summed E-state index contributed by atoms with van der Waals surface area (Å²) in [7, 11) is 0. The number of hydrogen-bond donors (Lipinski definition) is 5. The largest absolute Gasteiger partial charge is 0.509 e. The Kier molecular flexibility index (Phi) is 7.05. The second kappa shape index (κ2) is 9.18. The number of hydrogen-bond acceptors (Lipinski definition) is 8. The normalized spacial score (nSPS) is 38.4. The Morgan fingerprint density at radius 3 is 2.33 bits per heavy atom. The van der Waals surface area contributed by atoms with Crippen LogP contribution in [0, 0.1) is 11.3 Å². The summed E-state index contributed by atoms with van der Waals surface area (Å²) in [6, 6.07) is 0. The monoisotopic (exact) mass is 500 g/mol. The highest BCUT2D eigenvalue weighted by atomic mass is 16.7. The van der Waals surface area contributed by atoms with E-state index < -0.39 is 63.6 Å². The van der Waals surface area contributed by atoms with Crippen molar-refractivity contribution in [2.24, 2.45) is 11.3 Å². The Morgan fingerprint density at radius 1 is 1.11 bits per heavy atom. The van der Waals surface area contributed by atoms with Gasteiger partial charge in [-0.25, -0.2) is 0 Å². The maximum Gasteiger partial charge on any atom is 0.209 e. The van der Waals surface area contributed by atoms with Crippen molar-refractivity contribution in [2.45, 2.75) is 77.8 Å².